The first-order valence-electron chi connectivity index (χ1n) is 8.21. The summed E-state index contributed by atoms with van der Waals surface area (Å²) in [4.78, 5) is 14.9. The normalized spacial score (nSPS) is 23.9. The first-order valence-corrected chi connectivity index (χ1v) is 8.62. The number of carbonyl (C=O) groups is 1. The molecule has 0 aliphatic carbocycles. The number of halogens is 1. The Bertz CT molecular complexity index is 634. The van der Waals surface area contributed by atoms with E-state index < -0.39 is 0 Å². The standard InChI is InChI=1S/C17H22FN3O2S/c1-11(24)19-10-13-9-14(17(22)20-13)12-2-3-16(15(18)8-12)21-4-6-23-7-5-21/h2-3,8,13-14H,4-7,9-10H2,1H3,(H,19,24)(H,20,22)/t13?,14-/m0/s1. The average molecular weight is 351 g/mol. The maximum absolute atomic E-state index is 14.5. The second-order valence-corrected chi connectivity index (χ2v) is 6.85. The van der Waals surface area contributed by atoms with Crippen LogP contribution >= 0.6 is 12.2 Å². The van der Waals surface area contributed by atoms with E-state index in [2.05, 4.69) is 10.6 Å². The van der Waals surface area contributed by atoms with Gasteiger partial charge in [0.05, 0.1) is 29.8 Å². The van der Waals surface area contributed by atoms with Crippen molar-refractivity contribution in [1.82, 2.24) is 10.6 Å². The highest BCUT2D eigenvalue weighted by atomic mass is 32.1. The Morgan fingerprint density at radius 3 is 2.88 bits per heavy atom. The lowest BCUT2D eigenvalue weighted by Gasteiger charge is -2.29. The Balaban J connectivity index is 1.69. The number of rotatable bonds is 4. The number of benzene rings is 1. The fraction of sp³-hybridized carbons (Fsp3) is 0.529. The second-order valence-electron chi connectivity index (χ2n) is 6.24. The van der Waals surface area contributed by atoms with E-state index in [1.54, 1.807) is 6.07 Å². The molecule has 2 heterocycles. The van der Waals surface area contributed by atoms with Crippen molar-refractivity contribution in [2.75, 3.05) is 37.7 Å². The summed E-state index contributed by atoms with van der Waals surface area (Å²) in [5, 5.41) is 6.01. The SMILES string of the molecule is CC(=S)NCC1C[C@@H](c2ccc(N3CCOCC3)c(F)c2)C(=O)N1. The zero-order chi connectivity index (χ0) is 17.1. The van der Waals surface area contributed by atoms with Gasteiger partial charge in [-0.1, -0.05) is 18.3 Å². The topological polar surface area (TPSA) is 53.6 Å². The van der Waals surface area contributed by atoms with Crippen molar-refractivity contribution in [2.24, 2.45) is 0 Å². The minimum atomic E-state index is -0.310. The number of ether oxygens (including phenoxy) is 1. The number of hydrogen-bond donors (Lipinski definition) is 2. The average Bonchev–Trinajstić information content (AvgIpc) is 2.94. The van der Waals surface area contributed by atoms with E-state index in [9.17, 15) is 9.18 Å². The summed E-state index contributed by atoms with van der Waals surface area (Å²) in [6.07, 6.45) is 0.644. The lowest BCUT2D eigenvalue weighted by Crippen LogP contribution is -2.37. The summed E-state index contributed by atoms with van der Waals surface area (Å²) in [6.45, 7) is 5.01. The molecule has 1 aromatic rings. The van der Waals surface area contributed by atoms with E-state index in [1.807, 2.05) is 17.9 Å². The molecule has 2 fully saturated rings. The van der Waals surface area contributed by atoms with E-state index in [0.29, 0.717) is 49.9 Å². The van der Waals surface area contributed by atoms with Gasteiger partial charge in [-0.2, -0.15) is 0 Å². The molecular weight excluding hydrogens is 329 g/mol. The summed E-state index contributed by atoms with van der Waals surface area (Å²) >= 11 is 4.99. The Morgan fingerprint density at radius 1 is 1.46 bits per heavy atom. The molecule has 2 aliphatic heterocycles. The number of carbonyl (C=O) groups excluding carboxylic acids is 1. The van der Waals surface area contributed by atoms with Gasteiger partial charge in [0.2, 0.25) is 5.91 Å². The number of anilines is 1. The summed E-state index contributed by atoms with van der Waals surface area (Å²) in [5.74, 6) is -0.642. The van der Waals surface area contributed by atoms with Crippen molar-refractivity contribution in [1.29, 1.82) is 0 Å². The Labute approximate surface area is 146 Å². The monoisotopic (exact) mass is 351 g/mol. The summed E-state index contributed by atoms with van der Waals surface area (Å²) in [7, 11) is 0. The number of nitrogens with zero attached hydrogens (tertiary/aromatic N) is 1. The van der Waals surface area contributed by atoms with Crippen molar-refractivity contribution in [2.45, 2.75) is 25.3 Å². The molecule has 3 rings (SSSR count). The fourth-order valence-corrected chi connectivity index (χ4v) is 3.32. The van der Waals surface area contributed by atoms with Crippen LogP contribution in [0.25, 0.3) is 0 Å². The molecule has 0 spiro atoms. The molecule has 2 N–H and O–H groups in total. The molecule has 7 heteroatoms. The highest BCUT2D eigenvalue weighted by Gasteiger charge is 2.33. The summed E-state index contributed by atoms with van der Waals surface area (Å²) in [6, 6.07) is 5.14. The van der Waals surface area contributed by atoms with Crippen LogP contribution < -0.4 is 15.5 Å². The second kappa shape index (κ2) is 7.44. The number of amides is 1. The van der Waals surface area contributed by atoms with Crippen LogP contribution in [0.4, 0.5) is 10.1 Å². The van der Waals surface area contributed by atoms with Gasteiger partial charge in [-0.3, -0.25) is 4.79 Å². The first-order chi connectivity index (χ1) is 11.5. The minimum absolute atomic E-state index is 0.0161. The molecular formula is C17H22FN3O2S. The fourth-order valence-electron chi connectivity index (χ4n) is 3.24. The van der Waals surface area contributed by atoms with E-state index in [0.717, 1.165) is 5.56 Å². The van der Waals surface area contributed by atoms with Crippen molar-refractivity contribution >= 4 is 28.8 Å². The third kappa shape index (κ3) is 3.84. The van der Waals surface area contributed by atoms with Gasteiger partial charge in [-0.05, 0) is 31.0 Å². The van der Waals surface area contributed by atoms with Gasteiger partial charge in [0, 0.05) is 25.7 Å². The molecule has 0 bridgehead atoms. The third-order valence-corrected chi connectivity index (χ3v) is 4.65. The predicted molar refractivity (Wildman–Crippen MR) is 95.0 cm³/mol. The van der Waals surface area contributed by atoms with Gasteiger partial charge in [-0.15, -0.1) is 0 Å². The smallest absolute Gasteiger partial charge is 0.227 e. The van der Waals surface area contributed by atoms with Gasteiger partial charge in [-0.25, -0.2) is 4.39 Å². The van der Waals surface area contributed by atoms with Crippen LogP contribution in [0.1, 0.15) is 24.8 Å². The van der Waals surface area contributed by atoms with Crippen molar-refractivity contribution in [3.8, 4) is 0 Å². The van der Waals surface area contributed by atoms with Crippen LogP contribution in [0.15, 0.2) is 18.2 Å². The summed E-state index contributed by atoms with van der Waals surface area (Å²) < 4.78 is 19.8. The summed E-state index contributed by atoms with van der Waals surface area (Å²) in [5.41, 5.74) is 1.30. The molecule has 2 aliphatic rings. The largest absolute Gasteiger partial charge is 0.378 e. The predicted octanol–water partition coefficient (Wildman–Crippen LogP) is 1.57. The van der Waals surface area contributed by atoms with Crippen LogP contribution in [0.2, 0.25) is 0 Å². The lowest BCUT2D eigenvalue weighted by molar-refractivity contribution is -0.120. The van der Waals surface area contributed by atoms with Crippen LogP contribution in [0.5, 0.6) is 0 Å². The third-order valence-electron chi connectivity index (χ3n) is 4.51. The molecule has 5 nitrogen and oxygen atoms in total. The Hall–Kier alpha value is -1.73. The molecule has 0 saturated carbocycles. The highest BCUT2D eigenvalue weighted by molar-refractivity contribution is 7.80. The quantitative estimate of drug-likeness (QED) is 0.807. The van der Waals surface area contributed by atoms with E-state index in [4.69, 9.17) is 17.0 Å². The van der Waals surface area contributed by atoms with Gasteiger partial charge >= 0.3 is 0 Å². The zero-order valence-corrected chi connectivity index (χ0v) is 14.5. The molecule has 2 atom stereocenters. The number of hydrogen-bond acceptors (Lipinski definition) is 4. The zero-order valence-electron chi connectivity index (χ0n) is 13.7. The molecule has 1 unspecified atom stereocenters. The van der Waals surface area contributed by atoms with Crippen LogP contribution in [0.3, 0.4) is 0 Å². The Kier molecular flexibility index (Phi) is 5.30. The van der Waals surface area contributed by atoms with E-state index in [1.165, 1.54) is 6.07 Å². The number of morpholine rings is 1. The molecule has 1 aromatic carbocycles. The van der Waals surface area contributed by atoms with Gasteiger partial charge in [0.1, 0.15) is 5.82 Å². The van der Waals surface area contributed by atoms with Crippen LogP contribution in [-0.2, 0) is 9.53 Å². The molecule has 2 saturated heterocycles. The molecule has 1 amide bonds. The molecule has 0 radical (unpaired) electrons. The van der Waals surface area contributed by atoms with Crippen molar-refractivity contribution in [3.05, 3.63) is 29.6 Å². The van der Waals surface area contributed by atoms with Gasteiger partial charge in [0.25, 0.3) is 0 Å². The molecule has 24 heavy (non-hydrogen) atoms. The maximum atomic E-state index is 14.5. The van der Waals surface area contributed by atoms with Crippen molar-refractivity contribution in [3.63, 3.8) is 0 Å². The highest BCUT2D eigenvalue weighted by Crippen LogP contribution is 2.30. The molecule has 0 aromatic heterocycles. The minimum Gasteiger partial charge on any atom is -0.378 e. The first kappa shape index (κ1) is 17.1. The Morgan fingerprint density at radius 2 is 2.21 bits per heavy atom. The van der Waals surface area contributed by atoms with Gasteiger partial charge in [0.15, 0.2) is 0 Å². The maximum Gasteiger partial charge on any atom is 0.227 e. The number of nitrogens with one attached hydrogen (secondary N) is 2. The van der Waals surface area contributed by atoms with E-state index in [-0.39, 0.29) is 23.7 Å². The lowest BCUT2D eigenvalue weighted by atomic mass is 9.95. The van der Waals surface area contributed by atoms with E-state index >= 15 is 0 Å². The van der Waals surface area contributed by atoms with Crippen LogP contribution in [0, 0.1) is 5.82 Å². The number of thiocarbonyl (C=S) groups is 1. The molecule has 130 valence electrons. The van der Waals surface area contributed by atoms with Gasteiger partial charge < -0.3 is 20.3 Å². The van der Waals surface area contributed by atoms with Crippen LogP contribution in [-0.4, -0.2) is 49.8 Å². The van der Waals surface area contributed by atoms with Crippen molar-refractivity contribution < 1.29 is 13.9 Å².